The number of aliphatic hydroxyl groups is 7. The van der Waals surface area contributed by atoms with E-state index in [4.69, 9.17) is 32.8 Å². The van der Waals surface area contributed by atoms with Crippen molar-refractivity contribution in [1.29, 1.82) is 0 Å². The minimum atomic E-state index is -1.98. The summed E-state index contributed by atoms with van der Waals surface area (Å²) in [5.74, 6) is -3.18. The first-order chi connectivity index (χ1) is 22.4. The molecule has 18 nitrogen and oxygen atoms in total. The highest BCUT2D eigenvalue weighted by Crippen LogP contribution is 2.44. The van der Waals surface area contributed by atoms with Crippen LogP contribution in [0.1, 0.15) is 0 Å². The highest BCUT2D eigenvalue weighted by Gasteiger charge is 2.51. The lowest BCUT2D eigenvalue weighted by molar-refractivity contribution is -0.358. The van der Waals surface area contributed by atoms with Crippen LogP contribution < -0.4 is 19.6 Å². The maximum Gasteiger partial charge on any atom is 0.239 e. The van der Waals surface area contributed by atoms with E-state index in [1.165, 1.54) is 25.3 Å². The van der Waals surface area contributed by atoms with Crippen LogP contribution in [0.15, 0.2) is 33.5 Å². The monoisotopic (exact) mass is 670 g/mol. The zero-order valence-electron chi connectivity index (χ0n) is 24.7. The molecule has 0 amide bonds. The van der Waals surface area contributed by atoms with Gasteiger partial charge in [0.05, 0.1) is 27.4 Å². The lowest BCUT2D eigenvalue weighted by Gasteiger charge is -2.45. The molecule has 2 aliphatic rings. The van der Waals surface area contributed by atoms with Gasteiger partial charge in [0.2, 0.25) is 23.2 Å². The Balaban J connectivity index is 1.66. The van der Waals surface area contributed by atoms with Crippen molar-refractivity contribution < 1.29 is 83.9 Å². The third-order valence-electron chi connectivity index (χ3n) is 7.88. The van der Waals surface area contributed by atoms with E-state index in [1.54, 1.807) is 0 Å². The van der Waals surface area contributed by atoms with Gasteiger partial charge in [0.15, 0.2) is 41.0 Å². The summed E-state index contributed by atoms with van der Waals surface area (Å²) in [6.07, 6.45) is -18.1. The lowest BCUT2D eigenvalue weighted by Crippen LogP contribution is -2.65. The molecule has 2 saturated heterocycles. The quantitative estimate of drug-likeness (QED) is 0.113. The molecule has 0 saturated carbocycles. The van der Waals surface area contributed by atoms with E-state index in [-0.39, 0.29) is 22.8 Å². The fraction of sp³-hybridized carbons (Fsp3) is 0.483. The van der Waals surface area contributed by atoms with Crippen LogP contribution in [0.4, 0.5) is 0 Å². The second kappa shape index (κ2) is 13.6. The number of ether oxygens (including phenoxy) is 6. The molecular formula is C29H34O18. The predicted octanol–water partition coefficient (Wildman–Crippen LogP) is -2.40. The molecule has 47 heavy (non-hydrogen) atoms. The molecule has 10 atom stereocenters. The van der Waals surface area contributed by atoms with Crippen molar-refractivity contribution in [3.8, 4) is 45.8 Å². The average Bonchev–Trinajstić information content (AvgIpc) is 3.05. The zero-order chi connectivity index (χ0) is 34.3. The maximum atomic E-state index is 14.1. The Bertz CT molecular complexity index is 1640. The van der Waals surface area contributed by atoms with Crippen LogP contribution in [-0.4, -0.2) is 140 Å². The maximum absolute atomic E-state index is 14.1. The molecule has 0 bridgehead atoms. The van der Waals surface area contributed by atoms with Crippen LogP contribution in [0.3, 0.4) is 0 Å². The molecular weight excluding hydrogens is 636 g/mol. The number of phenols is 3. The van der Waals surface area contributed by atoms with Gasteiger partial charge in [0.1, 0.15) is 53.9 Å². The van der Waals surface area contributed by atoms with E-state index < -0.39 is 114 Å². The van der Waals surface area contributed by atoms with Gasteiger partial charge < -0.3 is 83.9 Å². The Morgan fingerprint density at radius 2 is 1.36 bits per heavy atom. The van der Waals surface area contributed by atoms with Crippen molar-refractivity contribution in [1.82, 2.24) is 0 Å². The second-order valence-corrected chi connectivity index (χ2v) is 10.8. The van der Waals surface area contributed by atoms with Crippen LogP contribution in [0.5, 0.6) is 34.5 Å². The summed E-state index contributed by atoms with van der Waals surface area (Å²) in [7, 11) is 2.42. The largest absolute Gasteiger partial charge is 0.507 e. The predicted molar refractivity (Wildman–Crippen MR) is 153 cm³/mol. The van der Waals surface area contributed by atoms with Crippen LogP contribution in [0.2, 0.25) is 0 Å². The fourth-order valence-corrected chi connectivity index (χ4v) is 5.36. The molecule has 5 rings (SSSR count). The molecule has 0 radical (unpaired) electrons. The van der Waals surface area contributed by atoms with Gasteiger partial charge in [0, 0.05) is 11.6 Å². The number of fused-ring (bicyclic) bond motifs is 1. The van der Waals surface area contributed by atoms with Crippen molar-refractivity contribution in [3.05, 3.63) is 34.5 Å². The second-order valence-electron chi connectivity index (χ2n) is 10.8. The van der Waals surface area contributed by atoms with E-state index in [0.717, 1.165) is 13.2 Å². The van der Waals surface area contributed by atoms with Crippen LogP contribution in [0, 0.1) is 0 Å². The molecule has 2 fully saturated rings. The number of rotatable bonds is 9. The highest BCUT2D eigenvalue weighted by molar-refractivity contribution is 5.93. The first-order valence-corrected chi connectivity index (χ1v) is 14.1. The number of aliphatic hydroxyl groups excluding tert-OH is 7. The minimum absolute atomic E-state index is 0.0278. The molecule has 0 spiro atoms. The van der Waals surface area contributed by atoms with Crippen molar-refractivity contribution in [2.45, 2.75) is 61.4 Å². The summed E-state index contributed by atoms with van der Waals surface area (Å²) < 4.78 is 38.9. The van der Waals surface area contributed by atoms with Crippen LogP contribution >= 0.6 is 0 Å². The zero-order valence-corrected chi connectivity index (χ0v) is 24.7. The molecule has 10 N–H and O–H groups in total. The normalized spacial score (nSPS) is 31.1. The number of hydrogen-bond acceptors (Lipinski definition) is 18. The van der Waals surface area contributed by atoms with Gasteiger partial charge in [-0.1, -0.05) is 0 Å². The van der Waals surface area contributed by atoms with E-state index >= 15 is 0 Å². The summed E-state index contributed by atoms with van der Waals surface area (Å²) in [6, 6.07) is 4.56. The van der Waals surface area contributed by atoms with Crippen molar-refractivity contribution in [3.63, 3.8) is 0 Å². The molecule has 0 aliphatic carbocycles. The molecule has 2 aliphatic heterocycles. The summed E-state index contributed by atoms with van der Waals surface area (Å²) >= 11 is 0. The smallest absolute Gasteiger partial charge is 0.239 e. The van der Waals surface area contributed by atoms with Gasteiger partial charge in [-0.3, -0.25) is 4.79 Å². The molecule has 258 valence electrons. The minimum Gasteiger partial charge on any atom is -0.507 e. The van der Waals surface area contributed by atoms with Gasteiger partial charge in [-0.2, -0.15) is 0 Å². The molecule has 18 heteroatoms. The van der Waals surface area contributed by atoms with Crippen molar-refractivity contribution >= 4 is 11.0 Å². The van der Waals surface area contributed by atoms with Gasteiger partial charge in [-0.15, -0.1) is 0 Å². The summed E-state index contributed by atoms with van der Waals surface area (Å²) in [4.78, 5) is 14.1. The first kappa shape index (κ1) is 34.4. The Morgan fingerprint density at radius 3 is 1.98 bits per heavy atom. The summed E-state index contributed by atoms with van der Waals surface area (Å²) in [6.45, 7) is -1.68. The highest BCUT2D eigenvalue weighted by atomic mass is 16.8. The van der Waals surface area contributed by atoms with Gasteiger partial charge >= 0.3 is 0 Å². The number of hydrogen-bond donors (Lipinski definition) is 10. The topological polar surface area (TPSA) is 288 Å². The number of phenolic OH excluding ortho intramolecular Hbond substituents is 3. The summed E-state index contributed by atoms with van der Waals surface area (Å²) in [5, 5.41) is 103. The van der Waals surface area contributed by atoms with Crippen molar-refractivity contribution in [2.75, 3.05) is 27.4 Å². The molecule has 1 aromatic heterocycles. The number of benzene rings is 2. The average molecular weight is 671 g/mol. The van der Waals surface area contributed by atoms with E-state index in [0.29, 0.717) is 0 Å². The van der Waals surface area contributed by atoms with Crippen LogP contribution in [0.25, 0.3) is 22.3 Å². The Hall–Kier alpha value is -3.95. The Labute approximate surface area is 264 Å². The Kier molecular flexibility index (Phi) is 9.99. The van der Waals surface area contributed by atoms with E-state index in [9.17, 15) is 55.9 Å². The summed E-state index contributed by atoms with van der Waals surface area (Å²) in [5.41, 5.74) is -1.48. The third kappa shape index (κ3) is 6.11. The van der Waals surface area contributed by atoms with Gasteiger partial charge in [0.25, 0.3) is 0 Å². The molecule has 3 heterocycles. The van der Waals surface area contributed by atoms with Crippen molar-refractivity contribution in [2.24, 2.45) is 0 Å². The molecule has 0 unspecified atom stereocenters. The van der Waals surface area contributed by atoms with Gasteiger partial charge in [-0.05, 0) is 18.2 Å². The lowest BCUT2D eigenvalue weighted by atomic mass is 9.97. The molecule has 2 aromatic carbocycles. The van der Waals surface area contributed by atoms with Gasteiger partial charge in [-0.25, -0.2) is 0 Å². The first-order valence-electron chi connectivity index (χ1n) is 14.1. The van der Waals surface area contributed by atoms with E-state index in [2.05, 4.69) is 0 Å². The molecule has 3 aromatic rings. The number of methoxy groups -OCH3 is 2. The standard InChI is InChI=1S/C29H34O18/c1-41-13-5-9(3-4-10(13)32)23-26(19(37)16-11(33)6-12(34)24(42-2)25(16)45-23)46-29-27(21(39)18(36)15(8-31)44-29)47-28-22(40)20(38)17(35)14(7-30)43-28/h3-6,14-15,17-18,20-22,27-36,38-40H,7-8H2,1-2H3/t14-,15-,17-,18-,20+,21+,22-,27-,28+,29+/m1/s1. The fourth-order valence-electron chi connectivity index (χ4n) is 5.36. The van der Waals surface area contributed by atoms with E-state index in [1.807, 2.05) is 0 Å². The SMILES string of the molecule is COc1cc(-c2oc3c(OC)c(O)cc(O)c3c(=O)c2O[C@@H]2O[C@H](CO)[C@@H](O)[C@H](O)[C@H]2O[C@@H]2O[C@H](CO)[C@@H](O)[C@H](O)[C@H]2O)ccc1O. The Morgan fingerprint density at radius 1 is 0.723 bits per heavy atom. The third-order valence-corrected chi connectivity index (χ3v) is 7.88. The number of aromatic hydroxyl groups is 3. The van der Waals surface area contributed by atoms with Crippen LogP contribution in [-0.2, 0) is 14.2 Å².